The number of aromatic nitrogens is 1. The van der Waals surface area contributed by atoms with Crippen LogP contribution in [0.4, 0.5) is 13.2 Å². The van der Waals surface area contributed by atoms with Crippen molar-refractivity contribution < 1.29 is 27.9 Å². The van der Waals surface area contributed by atoms with E-state index in [1.807, 2.05) is 13.0 Å². The number of aliphatic carboxylic acids is 1. The maximum absolute atomic E-state index is 13.4. The number of para-hydroxylation sites is 1. The molecule has 0 aliphatic rings. The molecule has 0 atom stereocenters. The summed E-state index contributed by atoms with van der Waals surface area (Å²) in [6, 6.07) is 10.4. The maximum Gasteiger partial charge on any atom is 0.416 e. The van der Waals surface area contributed by atoms with Crippen LogP contribution in [0.3, 0.4) is 0 Å². The van der Waals surface area contributed by atoms with Crippen LogP contribution in [-0.4, -0.2) is 58.5 Å². The Morgan fingerprint density at radius 1 is 1.06 bits per heavy atom. The number of alkyl halides is 3. The van der Waals surface area contributed by atoms with Crippen LogP contribution in [0, 0.1) is 0 Å². The van der Waals surface area contributed by atoms with Gasteiger partial charge in [-0.1, -0.05) is 24.3 Å². The number of hydrogen-bond acceptors (Lipinski definition) is 3. The normalized spacial score (nSPS) is 11.8. The fourth-order valence-electron chi connectivity index (χ4n) is 3.81. The minimum absolute atomic E-state index is 0.0689. The zero-order valence-electron chi connectivity index (χ0n) is 18.7. The molecular formula is C24H26F3N3O3. The molecule has 9 heteroatoms. The number of halogens is 3. The average Bonchev–Trinajstić information content (AvgIpc) is 3.08. The fourth-order valence-corrected chi connectivity index (χ4v) is 3.81. The lowest BCUT2D eigenvalue weighted by atomic mass is 10.1. The highest BCUT2D eigenvalue weighted by Crippen LogP contribution is 2.34. The van der Waals surface area contributed by atoms with Crippen molar-refractivity contribution in [2.24, 2.45) is 0 Å². The van der Waals surface area contributed by atoms with Gasteiger partial charge < -0.3 is 19.5 Å². The van der Waals surface area contributed by atoms with Crippen LogP contribution in [-0.2, 0) is 28.7 Å². The van der Waals surface area contributed by atoms with Gasteiger partial charge in [0.25, 0.3) is 0 Å². The Labute approximate surface area is 189 Å². The molecule has 33 heavy (non-hydrogen) atoms. The third-order valence-electron chi connectivity index (χ3n) is 5.36. The highest BCUT2D eigenvalue weighted by Gasteiger charge is 2.31. The monoisotopic (exact) mass is 461 g/mol. The van der Waals surface area contributed by atoms with Crippen molar-refractivity contribution in [1.82, 2.24) is 14.4 Å². The van der Waals surface area contributed by atoms with Crippen LogP contribution in [0.25, 0.3) is 16.6 Å². The second kappa shape index (κ2) is 9.66. The summed E-state index contributed by atoms with van der Waals surface area (Å²) in [4.78, 5) is 27.4. The van der Waals surface area contributed by atoms with Gasteiger partial charge in [-0.05, 0) is 50.3 Å². The minimum Gasteiger partial charge on any atom is -0.481 e. The van der Waals surface area contributed by atoms with Gasteiger partial charge in [0.2, 0.25) is 5.91 Å². The number of fused-ring (bicyclic) bond motifs is 1. The molecule has 0 radical (unpaired) electrons. The second-order valence-electron chi connectivity index (χ2n) is 8.10. The number of carbonyl (C=O) groups excluding carboxylic acids is 1. The molecule has 0 fully saturated rings. The van der Waals surface area contributed by atoms with E-state index in [0.29, 0.717) is 23.2 Å². The molecule has 3 aromatic rings. The Hall–Kier alpha value is -3.33. The summed E-state index contributed by atoms with van der Waals surface area (Å²) in [5.41, 5.74) is 1.19. The predicted molar refractivity (Wildman–Crippen MR) is 119 cm³/mol. The fraction of sp³-hybridized carbons (Fsp3) is 0.333. The number of carbonyl (C=O) groups is 2. The van der Waals surface area contributed by atoms with E-state index in [2.05, 4.69) is 0 Å². The van der Waals surface area contributed by atoms with E-state index in [1.54, 1.807) is 52.9 Å². The van der Waals surface area contributed by atoms with Crippen molar-refractivity contribution in [2.75, 3.05) is 27.2 Å². The van der Waals surface area contributed by atoms with Crippen LogP contribution in [0.15, 0.2) is 48.7 Å². The van der Waals surface area contributed by atoms with Crippen molar-refractivity contribution in [2.45, 2.75) is 26.1 Å². The van der Waals surface area contributed by atoms with Gasteiger partial charge in [0.1, 0.15) is 0 Å². The van der Waals surface area contributed by atoms with Crippen molar-refractivity contribution >= 4 is 22.8 Å². The lowest BCUT2D eigenvalue weighted by molar-refractivity contribution is -0.138. The second-order valence-corrected chi connectivity index (χ2v) is 8.10. The molecule has 176 valence electrons. The summed E-state index contributed by atoms with van der Waals surface area (Å²) in [7, 11) is 3.60. The van der Waals surface area contributed by atoms with E-state index in [1.165, 1.54) is 6.07 Å². The topological polar surface area (TPSA) is 65.8 Å². The number of hydrogen-bond donors (Lipinski definition) is 1. The first-order valence-electron chi connectivity index (χ1n) is 10.4. The molecule has 0 bridgehead atoms. The van der Waals surface area contributed by atoms with Gasteiger partial charge in [-0.2, -0.15) is 13.2 Å². The van der Waals surface area contributed by atoms with Crippen molar-refractivity contribution in [3.05, 3.63) is 65.4 Å². The molecular weight excluding hydrogens is 435 g/mol. The number of carboxylic acids is 1. The Morgan fingerprint density at radius 3 is 2.36 bits per heavy atom. The molecule has 1 heterocycles. The minimum atomic E-state index is -4.53. The van der Waals surface area contributed by atoms with Crippen LogP contribution in [0.1, 0.15) is 23.6 Å². The molecule has 0 saturated carbocycles. The molecule has 0 saturated heterocycles. The molecule has 1 amide bonds. The van der Waals surface area contributed by atoms with E-state index in [9.17, 15) is 27.9 Å². The van der Waals surface area contributed by atoms with E-state index in [-0.39, 0.29) is 30.9 Å². The third kappa shape index (κ3) is 5.54. The molecule has 2 aromatic carbocycles. The number of likely N-dealkylation sites (N-methyl/N-ethyl adjacent to an activating group) is 2. The lowest BCUT2D eigenvalue weighted by Gasteiger charge is -2.24. The van der Waals surface area contributed by atoms with E-state index >= 15 is 0 Å². The number of rotatable bonds is 8. The van der Waals surface area contributed by atoms with Gasteiger partial charge >= 0.3 is 12.1 Å². The number of amides is 1. The van der Waals surface area contributed by atoms with E-state index in [0.717, 1.165) is 17.7 Å². The molecule has 3 rings (SSSR count). The summed E-state index contributed by atoms with van der Waals surface area (Å²) in [5, 5.41) is 9.73. The van der Waals surface area contributed by atoms with Crippen LogP contribution in [0.2, 0.25) is 0 Å². The Kier molecular flexibility index (Phi) is 7.12. The first kappa shape index (κ1) is 24.3. The summed E-state index contributed by atoms with van der Waals surface area (Å²) < 4.78 is 41.8. The summed E-state index contributed by atoms with van der Waals surface area (Å²) in [6.07, 6.45) is -3.29. The zero-order chi connectivity index (χ0) is 24.3. The molecule has 6 nitrogen and oxygen atoms in total. The Bertz CT molecular complexity index is 1170. The molecule has 0 aliphatic heterocycles. The first-order valence-corrected chi connectivity index (χ1v) is 10.4. The highest BCUT2D eigenvalue weighted by molar-refractivity contribution is 5.89. The maximum atomic E-state index is 13.4. The largest absolute Gasteiger partial charge is 0.481 e. The van der Waals surface area contributed by atoms with Crippen molar-refractivity contribution in [3.63, 3.8) is 0 Å². The molecule has 0 aliphatic carbocycles. The Morgan fingerprint density at radius 2 is 1.76 bits per heavy atom. The Balaban J connectivity index is 2.14. The zero-order valence-corrected chi connectivity index (χ0v) is 18.7. The summed E-state index contributed by atoms with van der Waals surface area (Å²) >= 11 is 0. The average molecular weight is 461 g/mol. The van der Waals surface area contributed by atoms with Crippen LogP contribution < -0.4 is 0 Å². The highest BCUT2D eigenvalue weighted by atomic mass is 19.4. The summed E-state index contributed by atoms with van der Waals surface area (Å²) in [5.74, 6) is -1.14. The van der Waals surface area contributed by atoms with Crippen LogP contribution in [0.5, 0.6) is 0 Å². The smallest absolute Gasteiger partial charge is 0.416 e. The third-order valence-corrected chi connectivity index (χ3v) is 5.36. The first-order chi connectivity index (χ1) is 15.5. The quantitative estimate of drug-likeness (QED) is 0.547. The van der Waals surface area contributed by atoms with Gasteiger partial charge in [-0.25, -0.2) is 0 Å². The van der Waals surface area contributed by atoms with Gasteiger partial charge in [-0.15, -0.1) is 0 Å². The number of carboxylic acid groups (broad SMARTS) is 1. The molecule has 0 spiro atoms. The van der Waals surface area contributed by atoms with Crippen molar-refractivity contribution in [1.29, 1.82) is 0 Å². The molecule has 1 N–H and O–H groups in total. The van der Waals surface area contributed by atoms with E-state index < -0.39 is 17.7 Å². The number of nitrogens with zero attached hydrogens (tertiary/aromatic N) is 3. The number of benzene rings is 2. The molecule has 1 aromatic heterocycles. The standard InChI is InChI=1S/C24H26F3N3O3/c1-4-29(22(31)15-28(2)3)13-16-7-5-6-8-20(16)30-14-17(11-23(32)33)19-10-9-18(12-21(19)30)24(25,26)27/h5-10,12,14H,4,11,13,15H2,1-3H3,(H,32,33). The lowest BCUT2D eigenvalue weighted by Crippen LogP contribution is -2.37. The van der Waals surface area contributed by atoms with Gasteiger partial charge in [0, 0.05) is 24.7 Å². The van der Waals surface area contributed by atoms with Gasteiger partial charge in [0.05, 0.1) is 29.7 Å². The molecule has 0 unspecified atom stereocenters. The van der Waals surface area contributed by atoms with Gasteiger partial charge in [0.15, 0.2) is 0 Å². The SMILES string of the molecule is CCN(Cc1ccccc1-n1cc(CC(=O)O)c2ccc(C(F)(F)F)cc21)C(=O)CN(C)C. The van der Waals surface area contributed by atoms with Crippen molar-refractivity contribution in [3.8, 4) is 5.69 Å². The summed E-state index contributed by atoms with van der Waals surface area (Å²) in [6.45, 7) is 2.84. The van der Waals surface area contributed by atoms with Crippen LogP contribution >= 0.6 is 0 Å². The van der Waals surface area contributed by atoms with Gasteiger partial charge in [-0.3, -0.25) is 9.59 Å². The van der Waals surface area contributed by atoms with E-state index in [4.69, 9.17) is 0 Å². The predicted octanol–water partition coefficient (Wildman–Crippen LogP) is 4.19.